The highest BCUT2D eigenvalue weighted by atomic mass is 32.2. The van der Waals surface area contributed by atoms with Crippen molar-refractivity contribution in [2.24, 2.45) is 0 Å². The van der Waals surface area contributed by atoms with Crippen LogP contribution < -0.4 is 0 Å². The van der Waals surface area contributed by atoms with Crippen LogP contribution in [0.4, 0.5) is 0 Å². The van der Waals surface area contributed by atoms with E-state index in [4.69, 9.17) is 4.74 Å². The molecule has 0 spiro atoms. The van der Waals surface area contributed by atoms with E-state index in [2.05, 4.69) is 0 Å². The number of carbonyl (C=O) groups is 2. The molecular weight excluding hydrogens is 308 g/mol. The van der Waals surface area contributed by atoms with Gasteiger partial charge < -0.3 is 4.74 Å². The standard InChI is InChI=1S/C19H20O3S/c1-15(20)23-18(12-16-8-4-2-5-9-16)13-19(21)22-14-17-10-6-3-7-11-17/h2-11,18H,12-14H2,1H3. The number of thioether (sulfide) groups is 1. The molecule has 0 amide bonds. The highest BCUT2D eigenvalue weighted by Crippen LogP contribution is 2.21. The smallest absolute Gasteiger partial charge is 0.307 e. The first-order valence-corrected chi connectivity index (χ1v) is 8.42. The number of hydrogen-bond acceptors (Lipinski definition) is 4. The number of benzene rings is 2. The van der Waals surface area contributed by atoms with E-state index in [1.54, 1.807) is 0 Å². The molecule has 2 aromatic carbocycles. The monoisotopic (exact) mass is 328 g/mol. The maximum absolute atomic E-state index is 12.1. The number of ether oxygens (including phenoxy) is 1. The number of rotatable bonds is 7. The molecule has 1 unspecified atom stereocenters. The first-order valence-electron chi connectivity index (χ1n) is 7.54. The Labute approximate surface area is 141 Å². The summed E-state index contributed by atoms with van der Waals surface area (Å²) >= 11 is 1.20. The topological polar surface area (TPSA) is 43.4 Å². The summed E-state index contributed by atoms with van der Waals surface area (Å²) < 4.78 is 5.31. The predicted molar refractivity (Wildman–Crippen MR) is 93.1 cm³/mol. The minimum Gasteiger partial charge on any atom is -0.461 e. The molecule has 0 aliphatic heterocycles. The van der Waals surface area contributed by atoms with Crippen LogP contribution in [0.3, 0.4) is 0 Å². The summed E-state index contributed by atoms with van der Waals surface area (Å²) in [4.78, 5) is 23.5. The van der Waals surface area contributed by atoms with Crippen LogP contribution in [0.15, 0.2) is 60.7 Å². The van der Waals surface area contributed by atoms with Crippen molar-refractivity contribution < 1.29 is 14.3 Å². The van der Waals surface area contributed by atoms with Crippen LogP contribution in [0.2, 0.25) is 0 Å². The van der Waals surface area contributed by atoms with Gasteiger partial charge in [-0.2, -0.15) is 0 Å². The Hall–Kier alpha value is -2.07. The molecule has 0 radical (unpaired) electrons. The SMILES string of the molecule is CC(=O)SC(CC(=O)OCc1ccccc1)Cc1ccccc1. The highest BCUT2D eigenvalue weighted by molar-refractivity contribution is 8.14. The average Bonchev–Trinajstić information content (AvgIpc) is 2.54. The Bertz CT molecular complexity index is 626. The van der Waals surface area contributed by atoms with Gasteiger partial charge in [-0.05, 0) is 17.5 Å². The Morgan fingerprint density at radius 2 is 1.52 bits per heavy atom. The van der Waals surface area contributed by atoms with Crippen molar-refractivity contribution in [3.63, 3.8) is 0 Å². The van der Waals surface area contributed by atoms with Crippen molar-refractivity contribution in [2.45, 2.75) is 31.6 Å². The van der Waals surface area contributed by atoms with Crippen molar-refractivity contribution in [1.29, 1.82) is 0 Å². The molecule has 1 atom stereocenters. The maximum Gasteiger partial charge on any atom is 0.307 e. The van der Waals surface area contributed by atoms with Gasteiger partial charge in [0.05, 0.1) is 6.42 Å². The van der Waals surface area contributed by atoms with Gasteiger partial charge in [0.25, 0.3) is 0 Å². The van der Waals surface area contributed by atoms with Gasteiger partial charge in [-0.15, -0.1) is 0 Å². The lowest BCUT2D eigenvalue weighted by molar-refractivity contribution is -0.144. The van der Waals surface area contributed by atoms with Crippen molar-refractivity contribution in [3.8, 4) is 0 Å². The number of esters is 1. The summed E-state index contributed by atoms with van der Waals surface area (Å²) in [6.07, 6.45) is 0.900. The van der Waals surface area contributed by atoms with Gasteiger partial charge in [-0.3, -0.25) is 9.59 Å². The Kier molecular flexibility index (Phi) is 6.88. The van der Waals surface area contributed by atoms with Crippen molar-refractivity contribution in [3.05, 3.63) is 71.8 Å². The average molecular weight is 328 g/mol. The zero-order valence-electron chi connectivity index (χ0n) is 13.1. The lowest BCUT2D eigenvalue weighted by atomic mass is 10.1. The molecule has 0 aliphatic carbocycles. The van der Waals surface area contributed by atoms with Crippen molar-refractivity contribution >= 4 is 22.8 Å². The van der Waals surface area contributed by atoms with Crippen LogP contribution in [-0.4, -0.2) is 16.3 Å². The van der Waals surface area contributed by atoms with Crippen molar-refractivity contribution in [1.82, 2.24) is 0 Å². The Morgan fingerprint density at radius 3 is 2.09 bits per heavy atom. The van der Waals surface area contributed by atoms with Crippen LogP contribution in [0, 0.1) is 0 Å². The number of carbonyl (C=O) groups excluding carboxylic acids is 2. The first kappa shape index (κ1) is 17.3. The molecule has 2 rings (SSSR count). The van der Waals surface area contributed by atoms with Crippen LogP contribution >= 0.6 is 11.8 Å². The number of hydrogen-bond donors (Lipinski definition) is 0. The molecule has 0 N–H and O–H groups in total. The largest absolute Gasteiger partial charge is 0.461 e. The van der Waals surface area contributed by atoms with Gasteiger partial charge in [0.1, 0.15) is 6.61 Å². The van der Waals surface area contributed by atoms with Crippen LogP contribution in [0.25, 0.3) is 0 Å². The van der Waals surface area contributed by atoms with E-state index in [9.17, 15) is 9.59 Å². The summed E-state index contributed by atoms with van der Waals surface area (Å²) in [6.45, 7) is 1.79. The lowest BCUT2D eigenvalue weighted by Crippen LogP contribution is -2.17. The molecule has 3 nitrogen and oxygen atoms in total. The van der Waals surface area contributed by atoms with E-state index in [1.165, 1.54) is 18.7 Å². The minimum atomic E-state index is -0.275. The van der Waals surface area contributed by atoms with E-state index >= 15 is 0 Å². The molecule has 4 heteroatoms. The normalized spacial score (nSPS) is 11.7. The Balaban J connectivity index is 1.88. The summed E-state index contributed by atoms with van der Waals surface area (Å²) in [6, 6.07) is 19.4. The van der Waals surface area contributed by atoms with E-state index in [0.717, 1.165) is 11.1 Å². The third-order valence-electron chi connectivity index (χ3n) is 3.28. The Morgan fingerprint density at radius 1 is 0.957 bits per heavy atom. The van der Waals surface area contributed by atoms with Gasteiger partial charge in [0.2, 0.25) is 0 Å². The molecule has 0 saturated carbocycles. The zero-order valence-corrected chi connectivity index (χ0v) is 13.9. The fourth-order valence-electron chi connectivity index (χ4n) is 2.25. The van der Waals surface area contributed by atoms with Gasteiger partial charge in [-0.1, -0.05) is 72.4 Å². The molecule has 0 heterocycles. The van der Waals surface area contributed by atoms with Crippen LogP contribution in [-0.2, 0) is 27.4 Å². The van der Waals surface area contributed by atoms with E-state index < -0.39 is 0 Å². The van der Waals surface area contributed by atoms with Gasteiger partial charge >= 0.3 is 5.97 Å². The minimum absolute atomic E-state index is 0.0155. The molecular formula is C19H20O3S. The molecule has 0 bridgehead atoms. The second kappa shape index (κ2) is 9.16. The second-order valence-corrected chi connectivity index (χ2v) is 6.75. The van der Waals surface area contributed by atoms with Crippen molar-refractivity contribution in [2.75, 3.05) is 0 Å². The fourth-order valence-corrected chi connectivity index (χ4v) is 3.21. The maximum atomic E-state index is 12.1. The van der Waals surface area contributed by atoms with E-state index in [-0.39, 0.29) is 29.4 Å². The highest BCUT2D eigenvalue weighted by Gasteiger charge is 2.18. The molecule has 2 aromatic rings. The fraction of sp³-hybridized carbons (Fsp3) is 0.263. The second-order valence-electron chi connectivity index (χ2n) is 5.27. The first-order chi connectivity index (χ1) is 11.1. The van der Waals surface area contributed by atoms with Gasteiger partial charge in [-0.25, -0.2) is 0 Å². The summed E-state index contributed by atoms with van der Waals surface area (Å²) in [5.41, 5.74) is 2.07. The third-order valence-corrected chi connectivity index (χ3v) is 4.27. The molecule has 23 heavy (non-hydrogen) atoms. The predicted octanol–water partition coefficient (Wildman–Crippen LogP) is 4.01. The molecule has 0 fully saturated rings. The van der Waals surface area contributed by atoms with E-state index in [0.29, 0.717) is 6.42 Å². The molecule has 120 valence electrons. The molecule has 0 aromatic heterocycles. The van der Waals surface area contributed by atoms with Crippen LogP contribution in [0.1, 0.15) is 24.5 Å². The molecule has 0 saturated heterocycles. The third kappa shape index (κ3) is 6.70. The van der Waals surface area contributed by atoms with Gasteiger partial charge in [0, 0.05) is 12.2 Å². The lowest BCUT2D eigenvalue weighted by Gasteiger charge is -2.14. The summed E-state index contributed by atoms with van der Waals surface area (Å²) in [7, 11) is 0. The zero-order chi connectivity index (χ0) is 16.5. The van der Waals surface area contributed by atoms with Crippen LogP contribution in [0.5, 0.6) is 0 Å². The molecule has 0 aliphatic rings. The summed E-state index contributed by atoms with van der Waals surface area (Å²) in [5.74, 6) is -0.275. The van der Waals surface area contributed by atoms with Gasteiger partial charge in [0.15, 0.2) is 5.12 Å². The summed E-state index contributed by atoms with van der Waals surface area (Å²) in [5, 5.41) is -0.0834. The van der Waals surface area contributed by atoms with E-state index in [1.807, 2.05) is 60.7 Å². The quantitative estimate of drug-likeness (QED) is 0.720.